The monoisotopic (exact) mass is 326 g/mol. The van der Waals surface area contributed by atoms with Gasteiger partial charge < -0.3 is 9.67 Å². The van der Waals surface area contributed by atoms with Crippen molar-refractivity contribution in [2.45, 2.75) is 52.0 Å². The first-order valence-electron chi connectivity index (χ1n) is 8.39. The summed E-state index contributed by atoms with van der Waals surface area (Å²) >= 11 is 0. The van der Waals surface area contributed by atoms with Gasteiger partial charge in [-0.3, -0.25) is 0 Å². The van der Waals surface area contributed by atoms with Gasteiger partial charge in [-0.25, -0.2) is 19.7 Å². The van der Waals surface area contributed by atoms with E-state index in [9.17, 15) is 9.90 Å². The molecule has 2 aromatic rings. The van der Waals surface area contributed by atoms with Gasteiger partial charge in [-0.15, -0.1) is 0 Å². The van der Waals surface area contributed by atoms with Crippen molar-refractivity contribution in [3.63, 3.8) is 0 Å². The molecule has 6 heteroatoms. The lowest BCUT2D eigenvalue weighted by Gasteiger charge is -2.08. The molecule has 6 nitrogen and oxygen atoms in total. The zero-order chi connectivity index (χ0) is 17.1. The molecule has 0 amide bonds. The first-order chi connectivity index (χ1) is 11.5. The van der Waals surface area contributed by atoms with Crippen molar-refractivity contribution < 1.29 is 9.90 Å². The summed E-state index contributed by atoms with van der Waals surface area (Å²) in [7, 11) is 0. The molecule has 24 heavy (non-hydrogen) atoms. The molecular formula is C18H22N4O2. The summed E-state index contributed by atoms with van der Waals surface area (Å²) in [5.41, 5.74) is 1.61. The van der Waals surface area contributed by atoms with Crippen molar-refractivity contribution in [2.75, 3.05) is 0 Å². The highest BCUT2D eigenvalue weighted by molar-refractivity contribution is 5.88. The molecule has 0 unspecified atom stereocenters. The molecule has 0 atom stereocenters. The average molecular weight is 326 g/mol. The van der Waals surface area contributed by atoms with Gasteiger partial charge in [0.1, 0.15) is 5.82 Å². The number of carbonyl (C=O) groups is 1. The number of imidazole rings is 1. The summed E-state index contributed by atoms with van der Waals surface area (Å²) in [5, 5.41) is 9.22. The van der Waals surface area contributed by atoms with Crippen molar-refractivity contribution in [3.8, 4) is 0 Å². The van der Waals surface area contributed by atoms with E-state index in [1.807, 2.05) is 19.9 Å². The van der Waals surface area contributed by atoms with E-state index in [0.29, 0.717) is 11.5 Å². The molecule has 3 rings (SSSR count). The van der Waals surface area contributed by atoms with Crippen LogP contribution in [0.4, 0.5) is 0 Å². The van der Waals surface area contributed by atoms with E-state index in [1.165, 1.54) is 25.5 Å². The minimum atomic E-state index is -0.993. The average Bonchev–Trinajstić information content (AvgIpc) is 2.82. The second-order valence-corrected chi connectivity index (χ2v) is 6.41. The normalized spacial score (nSPS) is 14.8. The number of rotatable bonds is 4. The third kappa shape index (κ3) is 3.53. The van der Waals surface area contributed by atoms with E-state index >= 15 is 0 Å². The lowest BCUT2D eigenvalue weighted by molar-refractivity contribution is 0.0694. The van der Waals surface area contributed by atoms with Crippen molar-refractivity contribution in [3.05, 3.63) is 41.0 Å². The summed E-state index contributed by atoms with van der Waals surface area (Å²) in [6, 6.07) is 0. The molecule has 3 heterocycles. The third-order valence-corrected chi connectivity index (χ3v) is 4.19. The Hall–Kier alpha value is -2.50. The van der Waals surface area contributed by atoms with Crippen LogP contribution >= 0.6 is 0 Å². The highest BCUT2D eigenvalue weighted by Gasteiger charge is 2.15. The number of aryl methyl sites for hydroxylation is 2. The predicted molar refractivity (Wildman–Crippen MR) is 91.8 cm³/mol. The fourth-order valence-corrected chi connectivity index (χ4v) is 2.95. The van der Waals surface area contributed by atoms with Crippen molar-refractivity contribution in [1.82, 2.24) is 19.5 Å². The maximum atomic E-state index is 11.2. The molecule has 0 radical (unpaired) electrons. The molecule has 2 aromatic heterocycles. The van der Waals surface area contributed by atoms with E-state index in [-0.39, 0.29) is 11.5 Å². The van der Waals surface area contributed by atoms with Gasteiger partial charge in [0, 0.05) is 25.4 Å². The zero-order valence-electron chi connectivity index (χ0n) is 14.1. The van der Waals surface area contributed by atoms with Crippen molar-refractivity contribution in [2.24, 2.45) is 0 Å². The Morgan fingerprint density at radius 1 is 1.25 bits per heavy atom. The summed E-state index contributed by atoms with van der Waals surface area (Å²) in [6.07, 6.45) is 11.8. The van der Waals surface area contributed by atoms with Gasteiger partial charge in [0.25, 0.3) is 0 Å². The smallest absolute Gasteiger partial charge is 0.339 e. The molecular weight excluding hydrogens is 304 g/mol. The van der Waals surface area contributed by atoms with E-state index in [0.717, 1.165) is 24.5 Å². The fourth-order valence-electron chi connectivity index (χ4n) is 2.95. The topological polar surface area (TPSA) is 80.9 Å². The molecule has 126 valence electrons. The second-order valence-electron chi connectivity index (χ2n) is 6.41. The number of hydrogen-bond donors (Lipinski definition) is 1. The molecule has 0 aromatic carbocycles. The van der Waals surface area contributed by atoms with Crippen LogP contribution in [-0.2, 0) is 13.0 Å². The molecule has 0 aliphatic carbocycles. The van der Waals surface area contributed by atoms with Crippen LogP contribution in [0.5, 0.6) is 0 Å². The summed E-state index contributed by atoms with van der Waals surface area (Å²) < 4.78 is 2.22. The van der Waals surface area contributed by atoms with Crippen LogP contribution in [0.15, 0.2) is 12.4 Å². The van der Waals surface area contributed by atoms with Crippen LogP contribution in [0.2, 0.25) is 0 Å². The molecule has 1 aliphatic heterocycles. The number of carboxylic acid groups (broad SMARTS) is 1. The highest BCUT2D eigenvalue weighted by Crippen LogP contribution is 2.18. The summed E-state index contributed by atoms with van der Waals surface area (Å²) in [6.45, 7) is 4.88. The van der Waals surface area contributed by atoms with Gasteiger partial charge in [0.2, 0.25) is 0 Å². The molecule has 0 bridgehead atoms. The number of fused-ring (bicyclic) bond motifs is 1. The quantitative estimate of drug-likeness (QED) is 0.931. The Morgan fingerprint density at radius 3 is 2.83 bits per heavy atom. The molecule has 1 aliphatic rings. The van der Waals surface area contributed by atoms with Gasteiger partial charge in [0.15, 0.2) is 5.82 Å². The van der Waals surface area contributed by atoms with Crippen LogP contribution < -0.4 is 0 Å². The van der Waals surface area contributed by atoms with E-state index in [1.54, 1.807) is 6.08 Å². The van der Waals surface area contributed by atoms with Crippen LogP contribution in [0, 0.1) is 0 Å². The van der Waals surface area contributed by atoms with Gasteiger partial charge in [-0.1, -0.05) is 20.3 Å². The third-order valence-electron chi connectivity index (χ3n) is 4.19. The van der Waals surface area contributed by atoms with Crippen LogP contribution in [0.25, 0.3) is 12.2 Å². The van der Waals surface area contributed by atoms with Gasteiger partial charge in [-0.2, -0.15) is 0 Å². The van der Waals surface area contributed by atoms with Crippen LogP contribution in [-0.4, -0.2) is 30.6 Å². The Bertz CT molecular complexity index is 754. The fraction of sp³-hybridized carbons (Fsp3) is 0.444. The standard InChI is InChI=1S/C18H22N4O2/c1-12(2)17-14(18(23)24)10-19-15(21-17)8-7-13-11-22-9-5-3-4-6-16(22)20-13/h7-8,10-12H,3-6,9H2,1-2H3,(H,23,24)/b8-7+. The SMILES string of the molecule is CC(C)c1nc(/C=C/c2cn3c(n2)CCCCC3)ncc1C(=O)O. The first-order valence-corrected chi connectivity index (χ1v) is 8.39. The lowest BCUT2D eigenvalue weighted by Crippen LogP contribution is -2.08. The van der Waals surface area contributed by atoms with Gasteiger partial charge in [-0.05, 0) is 30.9 Å². The molecule has 1 N–H and O–H groups in total. The predicted octanol–water partition coefficient (Wildman–Crippen LogP) is 3.39. The Kier molecular flexibility index (Phi) is 4.74. The van der Waals surface area contributed by atoms with E-state index in [4.69, 9.17) is 0 Å². The second kappa shape index (κ2) is 6.95. The Balaban J connectivity index is 1.84. The summed E-state index contributed by atoms with van der Waals surface area (Å²) in [4.78, 5) is 24.4. The summed E-state index contributed by atoms with van der Waals surface area (Å²) in [5.74, 6) is 0.672. The number of hydrogen-bond acceptors (Lipinski definition) is 4. The molecule has 0 saturated carbocycles. The van der Waals surface area contributed by atoms with Crippen LogP contribution in [0.3, 0.4) is 0 Å². The number of aromatic carboxylic acids is 1. The van der Waals surface area contributed by atoms with E-state index < -0.39 is 5.97 Å². The highest BCUT2D eigenvalue weighted by atomic mass is 16.4. The number of carboxylic acids is 1. The van der Waals surface area contributed by atoms with Crippen molar-refractivity contribution in [1.29, 1.82) is 0 Å². The molecule has 0 fully saturated rings. The van der Waals surface area contributed by atoms with E-state index in [2.05, 4.69) is 25.7 Å². The zero-order valence-corrected chi connectivity index (χ0v) is 14.1. The maximum absolute atomic E-state index is 11.2. The number of nitrogens with zero attached hydrogens (tertiary/aromatic N) is 4. The minimum absolute atomic E-state index is 0.0231. The maximum Gasteiger partial charge on any atom is 0.339 e. The lowest BCUT2D eigenvalue weighted by atomic mass is 10.1. The van der Waals surface area contributed by atoms with Crippen LogP contribution in [0.1, 0.15) is 72.4 Å². The number of aromatic nitrogens is 4. The Morgan fingerprint density at radius 2 is 2.08 bits per heavy atom. The largest absolute Gasteiger partial charge is 0.478 e. The molecule has 0 saturated heterocycles. The molecule has 0 spiro atoms. The Labute approximate surface area is 141 Å². The van der Waals surface area contributed by atoms with Gasteiger partial charge in [0.05, 0.1) is 17.0 Å². The van der Waals surface area contributed by atoms with Crippen molar-refractivity contribution >= 4 is 18.1 Å². The first kappa shape index (κ1) is 16.4. The van der Waals surface area contributed by atoms with Gasteiger partial charge >= 0.3 is 5.97 Å². The minimum Gasteiger partial charge on any atom is -0.478 e.